The van der Waals surface area contributed by atoms with E-state index < -0.39 is 0 Å². The maximum atomic E-state index is 14.5. The van der Waals surface area contributed by atoms with E-state index in [2.05, 4.69) is 42.2 Å². The first kappa shape index (κ1) is 19.4. The van der Waals surface area contributed by atoms with Crippen LogP contribution in [0.15, 0.2) is 71.9 Å². The third-order valence-electron chi connectivity index (χ3n) is 4.97. The van der Waals surface area contributed by atoms with E-state index >= 15 is 0 Å². The van der Waals surface area contributed by atoms with E-state index in [1.165, 1.54) is 22.8 Å². The predicted molar refractivity (Wildman–Crippen MR) is 117 cm³/mol. The predicted octanol–water partition coefficient (Wildman–Crippen LogP) is 6.29. The Morgan fingerprint density at radius 2 is 1.62 bits per heavy atom. The molecule has 4 rings (SSSR count). The fourth-order valence-corrected chi connectivity index (χ4v) is 4.32. The zero-order valence-electron chi connectivity index (χ0n) is 16.7. The average molecular weight is 404 g/mol. The number of hydrogen-bond acceptors (Lipinski definition) is 3. The number of thioether (sulfide) groups is 1. The first-order valence-corrected chi connectivity index (χ1v) is 10.5. The van der Waals surface area contributed by atoms with E-state index in [9.17, 15) is 4.39 Å². The quantitative estimate of drug-likeness (QED) is 0.367. The second-order valence-corrected chi connectivity index (χ2v) is 8.07. The number of nitrogens with zero attached hydrogens (tertiary/aromatic N) is 3. The summed E-state index contributed by atoms with van der Waals surface area (Å²) in [4.78, 5) is 0. The van der Waals surface area contributed by atoms with Crippen LogP contribution in [-0.4, -0.2) is 14.8 Å². The number of para-hydroxylation sites is 1. The van der Waals surface area contributed by atoms with Gasteiger partial charge in [0, 0.05) is 5.75 Å². The van der Waals surface area contributed by atoms with Gasteiger partial charge in [-0.3, -0.25) is 4.57 Å². The van der Waals surface area contributed by atoms with Gasteiger partial charge in [-0.15, -0.1) is 10.2 Å². The fourth-order valence-electron chi connectivity index (χ4n) is 3.31. The molecule has 3 nitrogen and oxygen atoms in total. The highest BCUT2D eigenvalue weighted by molar-refractivity contribution is 7.98. The molecule has 0 bridgehead atoms. The Morgan fingerprint density at radius 3 is 2.41 bits per heavy atom. The van der Waals surface area contributed by atoms with E-state index in [1.54, 1.807) is 23.9 Å². The number of aromatic nitrogens is 3. The second kappa shape index (κ2) is 8.21. The van der Waals surface area contributed by atoms with E-state index in [4.69, 9.17) is 0 Å². The molecule has 0 saturated heterocycles. The van der Waals surface area contributed by atoms with Crippen LogP contribution >= 0.6 is 11.8 Å². The van der Waals surface area contributed by atoms with Crippen LogP contribution in [0.4, 0.5) is 4.39 Å². The summed E-state index contributed by atoms with van der Waals surface area (Å²) in [6, 6.07) is 21.2. The van der Waals surface area contributed by atoms with Gasteiger partial charge in [-0.05, 0) is 55.7 Å². The third kappa shape index (κ3) is 3.96. The Morgan fingerprint density at radius 1 is 0.862 bits per heavy atom. The van der Waals surface area contributed by atoms with Gasteiger partial charge in [-0.2, -0.15) is 0 Å². The molecule has 0 unspecified atom stereocenters. The Labute approximate surface area is 174 Å². The molecule has 0 aliphatic heterocycles. The zero-order chi connectivity index (χ0) is 20.4. The van der Waals surface area contributed by atoms with Crippen molar-refractivity contribution in [1.82, 2.24) is 14.8 Å². The van der Waals surface area contributed by atoms with Gasteiger partial charge in [-0.25, -0.2) is 4.39 Å². The highest BCUT2D eigenvalue weighted by Gasteiger charge is 2.19. The molecule has 1 aromatic heterocycles. The summed E-state index contributed by atoms with van der Waals surface area (Å²) in [6.07, 6.45) is 0. The number of aryl methyl sites for hydroxylation is 3. The number of halogens is 1. The standard InChI is InChI=1S/C24H22FN3S/c1-16-12-13-17(2)19(14-16)15-29-24-27-26-23(20-9-5-6-10-21(20)25)28(24)22-11-7-4-8-18(22)3/h4-14H,15H2,1-3H3. The van der Waals surface area contributed by atoms with Crippen LogP contribution in [0.2, 0.25) is 0 Å². The van der Waals surface area contributed by atoms with Gasteiger partial charge in [0.15, 0.2) is 11.0 Å². The second-order valence-electron chi connectivity index (χ2n) is 7.13. The summed E-state index contributed by atoms with van der Waals surface area (Å²) in [5, 5.41) is 9.55. The normalized spacial score (nSPS) is 11.0. The van der Waals surface area contributed by atoms with Crippen LogP contribution < -0.4 is 0 Å². The lowest BCUT2D eigenvalue weighted by molar-refractivity contribution is 0.629. The van der Waals surface area contributed by atoms with Gasteiger partial charge < -0.3 is 0 Å². The fraction of sp³-hybridized carbons (Fsp3) is 0.167. The van der Waals surface area contributed by atoms with Crippen molar-refractivity contribution in [3.8, 4) is 17.1 Å². The van der Waals surface area contributed by atoms with Gasteiger partial charge in [0.05, 0.1) is 11.3 Å². The Balaban J connectivity index is 1.79. The van der Waals surface area contributed by atoms with Crippen LogP contribution in [0.3, 0.4) is 0 Å². The molecule has 4 aromatic rings. The van der Waals surface area contributed by atoms with Crippen molar-refractivity contribution in [3.05, 3.63) is 94.8 Å². The molecule has 0 saturated carbocycles. The zero-order valence-corrected chi connectivity index (χ0v) is 17.5. The summed E-state index contributed by atoms with van der Waals surface area (Å²) >= 11 is 1.61. The highest BCUT2D eigenvalue weighted by atomic mass is 32.2. The maximum absolute atomic E-state index is 14.5. The lowest BCUT2D eigenvalue weighted by atomic mass is 10.1. The van der Waals surface area contributed by atoms with Crippen LogP contribution in [0, 0.1) is 26.6 Å². The van der Waals surface area contributed by atoms with Crippen LogP contribution in [0.5, 0.6) is 0 Å². The van der Waals surface area contributed by atoms with Crippen LogP contribution in [0.1, 0.15) is 22.3 Å². The minimum absolute atomic E-state index is 0.305. The Hall–Kier alpha value is -2.92. The van der Waals surface area contributed by atoms with Crippen molar-refractivity contribution < 1.29 is 4.39 Å². The molecular formula is C24H22FN3S. The van der Waals surface area contributed by atoms with Crippen molar-refractivity contribution in [2.45, 2.75) is 31.7 Å². The van der Waals surface area contributed by atoms with Crippen molar-refractivity contribution in [2.24, 2.45) is 0 Å². The molecule has 0 aliphatic carbocycles. The van der Waals surface area contributed by atoms with Crippen molar-refractivity contribution in [2.75, 3.05) is 0 Å². The number of benzene rings is 3. The molecule has 146 valence electrons. The third-order valence-corrected chi connectivity index (χ3v) is 5.94. The summed E-state index contributed by atoms with van der Waals surface area (Å²) < 4.78 is 16.5. The molecule has 0 spiro atoms. The van der Waals surface area contributed by atoms with E-state index in [1.807, 2.05) is 41.8 Å². The smallest absolute Gasteiger partial charge is 0.196 e. The van der Waals surface area contributed by atoms with E-state index in [0.29, 0.717) is 11.4 Å². The first-order chi connectivity index (χ1) is 14.0. The van der Waals surface area contributed by atoms with Gasteiger partial charge in [-0.1, -0.05) is 65.9 Å². The lowest BCUT2D eigenvalue weighted by Crippen LogP contribution is -2.03. The summed E-state index contributed by atoms with van der Waals surface area (Å²) in [5.41, 5.74) is 6.24. The molecule has 0 radical (unpaired) electrons. The molecule has 29 heavy (non-hydrogen) atoms. The van der Waals surface area contributed by atoms with Crippen molar-refractivity contribution >= 4 is 11.8 Å². The van der Waals surface area contributed by atoms with Crippen LogP contribution in [-0.2, 0) is 5.75 Å². The number of rotatable bonds is 5. The van der Waals surface area contributed by atoms with Crippen molar-refractivity contribution in [3.63, 3.8) is 0 Å². The SMILES string of the molecule is Cc1ccc(C)c(CSc2nnc(-c3ccccc3F)n2-c2ccccc2C)c1. The summed E-state index contributed by atoms with van der Waals surface area (Å²) in [6.45, 7) is 6.26. The van der Waals surface area contributed by atoms with Gasteiger partial charge in [0.25, 0.3) is 0 Å². The molecule has 3 aromatic carbocycles. The Bertz CT molecular complexity index is 1170. The Kier molecular flexibility index (Phi) is 5.49. The molecule has 0 amide bonds. The minimum atomic E-state index is -0.305. The molecule has 1 heterocycles. The summed E-state index contributed by atoms with van der Waals surface area (Å²) in [7, 11) is 0. The summed E-state index contributed by atoms with van der Waals surface area (Å²) in [5.74, 6) is 0.983. The first-order valence-electron chi connectivity index (χ1n) is 9.50. The van der Waals surface area contributed by atoms with E-state index in [-0.39, 0.29) is 5.82 Å². The van der Waals surface area contributed by atoms with Gasteiger partial charge in [0.2, 0.25) is 0 Å². The van der Waals surface area contributed by atoms with Gasteiger partial charge in [0.1, 0.15) is 5.82 Å². The van der Waals surface area contributed by atoms with Crippen molar-refractivity contribution in [1.29, 1.82) is 0 Å². The topological polar surface area (TPSA) is 30.7 Å². The average Bonchev–Trinajstić information content (AvgIpc) is 3.13. The minimum Gasteiger partial charge on any atom is -0.270 e. The monoisotopic (exact) mass is 403 g/mol. The van der Waals surface area contributed by atoms with Gasteiger partial charge >= 0.3 is 0 Å². The number of hydrogen-bond donors (Lipinski definition) is 0. The van der Waals surface area contributed by atoms with E-state index in [0.717, 1.165) is 22.2 Å². The molecule has 0 aliphatic rings. The molecule has 0 N–H and O–H groups in total. The molecule has 0 fully saturated rings. The molecule has 0 atom stereocenters. The largest absolute Gasteiger partial charge is 0.270 e. The maximum Gasteiger partial charge on any atom is 0.196 e. The lowest BCUT2D eigenvalue weighted by Gasteiger charge is -2.13. The molecular weight excluding hydrogens is 381 g/mol. The van der Waals surface area contributed by atoms with Crippen LogP contribution in [0.25, 0.3) is 17.1 Å². The molecule has 5 heteroatoms. The highest BCUT2D eigenvalue weighted by Crippen LogP contribution is 2.32.